The Morgan fingerprint density at radius 2 is 1.83 bits per heavy atom. The van der Waals surface area contributed by atoms with E-state index < -0.39 is 0 Å². The Kier molecular flexibility index (Phi) is 5.87. The number of nitrogens with zero attached hydrogens (tertiary/aromatic N) is 2. The van der Waals surface area contributed by atoms with Crippen LogP contribution in [0.2, 0.25) is 0 Å². The number of amides is 2. The number of nitrogens with one attached hydrogen (secondary N) is 2. The third-order valence-corrected chi connectivity index (χ3v) is 6.79. The van der Waals surface area contributed by atoms with Crippen molar-refractivity contribution in [2.75, 3.05) is 18.4 Å². The highest BCUT2D eigenvalue weighted by Gasteiger charge is 2.40. The van der Waals surface area contributed by atoms with Gasteiger partial charge in [0.1, 0.15) is 10.8 Å². The lowest BCUT2D eigenvalue weighted by molar-refractivity contribution is -0.114. The number of piperidine rings is 3. The number of rotatable bonds is 5. The number of hydrogen-bond acceptors (Lipinski definition) is 5. The van der Waals surface area contributed by atoms with Crippen LogP contribution in [-0.4, -0.2) is 46.9 Å². The second-order valence-electron chi connectivity index (χ2n) is 7.78. The Hall–Kier alpha value is -2.38. The molecule has 7 heteroatoms. The molecule has 29 heavy (non-hydrogen) atoms. The Bertz CT molecular complexity index is 892. The van der Waals surface area contributed by atoms with Gasteiger partial charge < -0.3 is 10.6 Å². The molecule has 2 N–H and O–H groups in total. The smallest absolute Gasteiger partial charge is 0.251 e. The van der Waals surface area contributed by atoms with Gasteiger partial charge >= 0.3 is 0 Å². The summed E-state index contributed by atoms with van der Waals surface area (Å²) >= 11 is 1.49. The first-order chi connectivity index (χ1) is 14.0. The summed E-state index contributed by atoms with van der Waals surface area (Å²) in [6.45, 7) is 5.99. The average molecular weight is 411 g/mol. The first-order valence-corrected chi connectivity index (χ1v) is 10.9. The van der Waals surface area contributed by atoms with Gasteiger partial charge in [-0.25, -0.2) is 4.98 Å². The van der Waals surface area contributed by atoms with Crippen LogP contribution in [0.15, 0.2) is 52.4 Å². The monoisotopic (exact) mass is 410 g/mol. The summed E-state index contributed by atoms with van der Waals surface area (Å²) in [7, 11) is 0. The van der Waals surface area contributed by atoms with Crippen LogP contribution < -0.4 is 10.6 Å². The molecule has 6 nitrogen and oxygen atoms in total. The highest BCUT2D eigenvalue weighted by molar-refractivity contribution is 7.99. The average Bonchev–Trinajstić information content (AvgIpc) is 2.71. The van der Waals surface area contributed by atoms with E-state index in [-0.39, 0.29) is 17.9 Å². The molecule has 2 aromatic rings. The molecule has 2 atom stereocenters. The van der Waals surface area contributed by atoms with E-state index in [0.717, 1.165) is 23.0 Å². The molecule has 3 saturated heterocycles. The molecule has 3 aliphatic rings. The number of fused-ring (bicyclic) bond motifs is 3. The molecule has 0 radical (unpaired) electrons. The lowest BCUT2D eigenvalue weighted by Gasteiger charge is -2.49. The third-order valence-electron chi connectivity index (χ3n) is 5.84. The van der Waals surface area contributed by atoms with E-state index in [9.17, 15) is 9.59 Å². The number of benzene rings is 1. The quantitative estimate of drug-likeness (QED) is 0.790. The molecule has 4 heterocycles. The van der Waals surface area contributed by atoms with E-state index in [1.54, 1.807) is 6.07 Å². The molecule has 2 amide bonds. The molecule has 3 fully saturated rings. The molecule has 1 aromatic heterocycles. The Morgan fingerprint density at radius 3 is 2.48 bits per heavy atom. The number of carbonyl (C=O) groups excluding carboxylic acids is 2. The van der Waals surface area contributed by atoms with E-state index in [1.165, 1.54) is 31.5 Å². The normalized spacial score (nSPS) is 25.4. The van der Waals surface area contributed by atoms with Crippen molar-refractivity contribution in [3.05, 3.63) is 48.0 Å². The van der Waals surface area contributed by atoms with Crippen molar-refractivity contribution in [2.24, 2.45) is 5.92 Å². The van der Waals surface area contributed by atoms with Gasteiger partial charge in [0, 0.05) is 29.5 Å². The van der Waals surface area contributed by atoms with Gasteiger partial charge in [-0.2, -0.15) is 0 Å². The minimum atomic E-state index is -0.146. The summed E-state index contributed by atoms with van der Waals surface area (Å²) in [5, 5.41) is 6.75. The lowest BCUT2D eigenvalue weighted by Crippen LogP contribution is -2.62. The molecule has 2 bridgehead atoms. The van der Waals surface area contributed by atoms with Crippen LogP contribution >= 0.6 is 11.8 Å². The van der Waals surface area contributed by atoms with Crippen LogP contribution in [0.1, 0.15) is 37.0 Å². The van der Waals surface area contributed by atoms with Crippen LogP contribution in [0.4, 0.5) is 5.82 Å². The highest BCUT2D eigenvalue weighted by Crippen LogP contribution is 2.32. The number of anilines is 1. The van der Waals surface area contributed by atoms with Gasteiger partial charge in [-0.15, -0.1) is 0 Å². The molecule has 0 unspecified atom stereocenters. The van der Waals surface area contributed by atoms with Crippen molar-refractivity contribution < 1.29 is 9.59 Å². The fraction of sp³-hybridized carbons (Fsp3) is 0.409. The zero-order valence-corrected chi connectivity index (χ0v) is 17.5. The molecule has 0 spiro atoms. The second kappa shape index (κ2) is 8.55. The van der Waals surface area contributed by atoms with Crippen LogP contribution in [-0.2, 0) is 4.79 Å². The van der Waals surface area contributed by atoms with E-state index in [2.05, 4.69) is 27.4 Å². The first kappa shape index (κ1) is 19.9. The summed E-state index contributed by atoms with van der Waals surface area (Å²) < 4.78 is 0. The predicted octanol–water partition coefficient (Wildman–Crippen LogP) is 3.40. The minimum Gasteiger partial charge on any atom is -0.347 e. The van der Waals surface area contributed by atoms with Crippen molar-refractivity contribution >= 4 is 29.4 Å². The zero-order chi connectivity index (χ0) is 20.4. The summed E-state index contributed by atoms with van der Waals surface area (Å²) in [4.78, 5) is 31.8. The largest absolute Gasteiger partial charge is 0.347 e. The maximum atomic E-state index is 12.8. The van der Waals surface area contributed by atoms with Crippen molar-refractivity contribution in [3.8, 4) is 0 Å². The van der Waals surface area contributed by atoms with Gasteiger partial charge in [-0.3, -0.25) is 14.5 Å². The third kappa shape index (κ3) is 4.62. The summed E-state index contributed by atoms with van der Waals surface area (Å²) in [5.41, 5.74) is 0.679. The van der Waals surface area contributed by atoms with Gasteiger partial charge in [0.05, 0.1) is 0 Å². The van der Waals surface area contributed by atoms with Crippen LogP contribution in [0.25, 0.3) is 0 Å². The SMILES string of the molecule is CC(=O)Nc1cccc(Sc2ccc(C(=O)N[C@@H]3C4CCN(CC4)[C@@H]3C)cc2)n1. The molecule has 3 aliphatic heterocycles. The van der Waals surface area contributed by atoms with Crippen LogP contribution in [0, 0.1) is 5.92 Å². The maximum absolute atomic E-state index is 12.8. The van der Waals surface area contributed by atoms with Crippen LogP contribution in [0.5, 0.6) is 0 Å². The van der Waals surface area contributed by atoms with Crippen molar-refractivity contribution in [3.63, 3.8) is 0 Å². The highest BCUT2D eigenvalue weighted by atomic mass is 32.2. The van der Waals surface area contributed by atoms with Gasteiger partial charge in [0.2, 0.25) is 5.91 Å². The topological polar surface area (TPSA) is 74.3 Å². The lowest BCUT2D eigenvalue weighted by atomic mass is 9.79. The number of pyridine rings is 1. The maximum Gasteiger partial charge on any atom is 0.251 e. The van der Waals surface area contributed by atoms with E-state index in [4.69, 9.17) is 0 Å². The van der Waals surface area contributed by atoms with E-state index in [0.29, 0.717) is 23.3 Å². The standard InChI is InChI=1S/C22H26N4O2S/c1-14-21(16-10-12-26(14)13-11-16)25-22(28)17-6-8-18(9-7-17)29-20-5-3-4-19(24-20)23-15(2)27/h3-9,14,16,21H,10-13H2,1-2H3,(H,25,28)(H,23,24,27)/t14-,21+/m1/s1. The Labute approximate surface area is 175 Å². The molecular weight excluding hydrogens is 384 g/mol. The Morgan fingerprint density at radius 1 is 1.10 bits per heavy atom. The molecule has 0 saturated carbocycles. The van der Waals surface area contributed by atoms with Crippen molar-refractivity contribution in [1.29, 1.82) is 0 Å². The Balaban J connectivity index is 1.39. The van der Waals surface area contributed by atoms with Gasteiger partial charge in [0.15, 0.2) is 0 Å². The minimum absolute atomic E-state index is 0.00192. The van der Waals surface area contributed by atoms with Gasteiger partial charge in [0.25, 0.3) is 5.91 Å². The van der Waals surface area contributed by atoms with Crippen LogP contribution in [0.3, 0.4) is 0 Å². The summed E-state index contributed by atoms with van der Waals surface area (Å²) in [6, 6.07) is 13.8. The number of aromatic nitrogens is 1. The van der Waals surface area contributed by atoms with E-state index >= 15 is 0 Å². The molecule has 1 aromatic carbocycles. The fourth-order valence-electron chi connectivity index (χ4n) is 4.30. The van der Waals surface area contributed by atoms with Crippen molar-refractivity contribution in [2.45, 2.75) is 48.7 Å². The fourth-order valence-corrected chi connectivity index (χ4v) is 5.10. The molecule has 0 aliphatic carbocycles. The summed E-state index contributed by atoms with van der Waals surface area (Å²) in [6.07, 6.45) is 2.35. The second-order valence-corrected chi connectivity index (χ2v) is 8.88. The van der Waals surface area contributed by atoms with E-state index in [1.807, 2.05) is 36.4 Å². The first-order valence-electron chi connectivity index (χ1n) is 10.1. The molecular formula is C22H26N4O2S. The molecule has 152 valence electrons. The van der Waals surface area contributed by atoms with Crippen molar-refractivity contribution in [1.82, 2.24) is 15.2 Å². The molecule has 5 rings (SSSR count). The number of carbonyl (C=O) groups is 2. The zero-order valence-electron chi connectivity index (χ0n) is 16.7. The number of hydrogen-bond donors (Lipinski definition) is 2. The predicted molar refractivity (Wildman–Crippen MR) is 114 cm³/mol. The van der Waals surface area contributed by atoms with Gasteiger partial charge in [-0.05, 0) is 75.2 Å². The summed E-state index contributed by atoms with van der Waals surface area (Å²) in [5.74, 6) is 0.978. The van der Waals surface area contributed by atoms with Gasteiger partial charge in [-0.1, -0.05) is 17.8 Å².